The van der Waals surface area contributed by atoms with Crippen molar-refractivity contribution in [1.29, 1.82) is 0 Å². The second-order valence-electron chi connectivity index (χ2n) is 6.39. The quantitative estimate of drug-likeness (QED) is 0.467. The fraction of sp³-hybridized carbons (Fsp3) is 0.722. The number of amides is 1. The van der Waals surface area contributed by atoms with Gasteiger partial charge in [-0.15, -0.1) is 10.2 Å². The molecule has 2 aromatic heterocycles. The highest BCUT2D eigenvalue weighted by Gasteiger charge is 2.22. The average molecular weight is 425 g/mol. The van der Waals surface area contributed by atoms with E-state index >= 15 is 0 Å². The summed E-state index contributed by atoms with van der Waals surface area (Å²) in [7, 11) is 1.65. The Kier molecular flexibility index (Phi) is 9.39. The fourth-order valence-corrected chi connectivity index (χ4v) is 3.85. The van der Waals surface area contributed by atoms with E-state index in [1.165, 1.54) is 11.8 Å². The van der Waals surface area contributed by atoms with Crippen LogP contribution in [0.2, 0.25) is 0 Å². The highest BCUT2D eigenvalue weighted by atomic mass is 32.2. The van der Waals surface area contributed by atoms with Gasteiger partial charge in [0.15, 0.2) is 5.16 Å². The molecule has 11 heteroatoms. The molecule has 0 fully saturated rings. The lowest BCUT2D eigenvalue weighted by Gasteiger charge is -2.30. The van der Waals surface area contributed by atoms with Gasteiger partial charge in [0.1, 0.15) is 0 Å². The van der Waals surface area contributed by atoms with Crippen LogP contribution in [0.4, 0.5) is 11.9 Å². The molecule has 0 aromatic carbocycles. The van der Waals surface area contributed by atoms with Crippen LogP contribution < -0.4 is 10.6 Å². The van der Waals surface area contributed by atoms with Crippen molar-refractivity contribution in [3.05, 3.63) is 0 Å². The number of methoxy groups -OCH3 is 1. The number of aromatic nitrogens is 5. The largest absolute Gasteiger partial charge is 0.383 e. The van der Waals surface area contributed by atoms with Crippen LogP contribution in [-0.2, 0) is 9.53 Å². The maximum Gasteiger partial charge on any atom is 0.261 e. The first-order valence-corrected chi connectivity index (χ1v) is 11.1. The predicted molar refractivity (Wildman–Crippen MR) is 116 cm³/mol. The third-order valence-electron chi connectivity index (χ3n) is 4.48. The van der Waals surface area contributed by atoms with Gasteiger partial charge in [0.05, 0.1) is 12.4 Å². The first-order valence-electron chi connectivity index (χ1n) is 10.1. The van der Waals surface area contributed by atoms with E-state index in [4.69, 9.17) is 4.74 Å². The van der Waals surface area contributed by atoms with Crippen molar-refractivity contribution in [3.63, 3.8) is 0 Å². The molecule has 2 aromatic rings. The van der Waals surface area contributed by atoms with E-state index in [9.17, 15) is 4.79 Å². The Bertz CT molecular complexity index is 781. The SMILES string of the molecule is CCNc1nc(NCC)n2c(SCC(=O)N(CCOC)C(CC)CC)nnc2n1. The monoisotopic (exact) mass is 424 g/mol. The van der Waals surface area contributed by atoms with Crippen LogP contribution in [0.15, 0.2) is 5.16 Å². The molecule has 0 unspecified atom stereocenters. The molecule has 0 saturated carbocycles. The maximum atomic E-state index is 12.9. The molecule has 0 saturated heterocycles. The zero-order valence-corrected chi connectivity index (χ0v) is 18.8. The number of ether oxygens (including phenoxy) is 1. The maximum absolute atomic E-state index is 12.9. The number of thioether (sulfide) groups is 1. The van der Waals surface area contributed by atoms with Crippen molar-refractivity contribution in [3.8, 4) is 0 Å². The summed E-state index contributed by atoms with van der Waals surface area (Å²) < 4.78 is 6.93. The average Bonchev–Trinajstić information content (AvgIpc) is 3.13. The third kappa shape index (κ3) is 5.92. The standard InChI is InChI=1S/C18H32N8O2S/c1-6-13(7-2)25(10-11-28-5)14(27)12-29-18-24-23-17-22-15(19-8-3)21-16(20-9-4)26(17)18/h13H,6-12H2,1-5H3,(H2,19,20,21,22,23). The van der Waals surface area contributed by atoms with E-state index < -0.39 is 0 Å². The Morgan fingerprint density at radius 3 is 2.48 bits per heavy atom. The number of hydrogen-bond acceptors (Lipinski definition) is 9. The van der Waals surface area contributed by atoms with E-state index in [0.717, 1.165) is 12.8 Å². The normalized spacial score (nSPS) is 11.2. The molecule has 0 atom stereocenters. The van der Waals surface area contributed by atoms with E-state index in [1.807, 2.05) is 18.7 Å². The van der Waals surface area contributed by atoms with E-state index in [-0.39, 0.29) is 17.7 Å². The minimum atomic E-state index is 0.0627. The number of nitrogens with zero attached hydrogens (tertiary/aromatic N) is 6. The van der Waals surface area contributed by atoms with Crippen LogP contribution in [-0.4, -0.2) is 80.5 Å². The first-order chi connectivity index (χ1) is 14.1. The summed E-state index contributed by atoms with van der Waals surface area (Å²) in [5.74, 6) is 1.87. The Balaban J connectivity index is 2.21. The van der Waals surface area contributed by atoms with Crippen molar-refractivity contribution in [1.82, 2.24) is 29.5 Å². The lowest BCUT2D eigenvalue weighted by molar-refractivity contribution is -0.131. The minimum absolute atomic E-state index is 0.0627. The smallest absolute Gasteiger partial charge is 0.261 e. The number of nitrogens with one attached hydrogen (secondary N) is 2. The summed E-state index contributed by atoms with van der Waals surface area (Å²) in [5, 5.41) is 15.3. The van der Waals surface area contributed by atoms with Gasteiger partial charge in [0, 0.05) is 32.8 Å². The number of fused-ring (bicyclic) bond motifs is 1. The second kappa shape index (κ2) is 11.8. The van der Waals surface area contributed by atoms with Gasteiger partial charge < -0.3 is 20.3 Å². The van der Waals surface area contributed by atoms with Crippen LogP contribution in [0, 0.1) is 0 Å². The Labute approximate surface area is 176 Å². The van der Waals surface area contributed by atoms with Gasteiger partial charge in [0.25, 0.3) is 5.78 Å². The van der Waals surface area contributed by atoms with Crippen molar-refractivity contribution in [2.75, 3.05) is 49.7 Å². The number of hydrogen-bond donors (Lipinski definition) is 2. The Hall–Kier alpha value is -2.14. The fourth-order valence-electron chi connectivity index (χ4n) is 3.04. The zero-order valence-electron chi connectivity index (χ0n) is 17.9. The molecule has 10 nitrogen and oxygen atoms in total. The predicted octanol–water partition coefficient (Wildman–Crippen LogP) is 2.14. The van der Waals surface area contributed by atoms with Crippen molar-refractivity contribution in [2.45, 2.75) is 51.7 Å². The zero-order chi connectivity index (χ0) is 21.2. The van der Waals surface area contributed by atoms with Gasteiger partial charge in [-0.3, -0.25) is 4.79 Å². The molecule has 0 aliphatic carbocycles. The summed E-state index contributed by atoms with van der Waals surface area (Å²) in [6.45, 7) is 10.7. The third-order valence-corrected chi connectivity index (χ3v) is 5.39. The van der Waals surface area contributed by atoms with Crippen molar-refractivity contribution in [2.24, 2.45) is 0 Å². The number of carbonyl (C=O) groups is 1. The summed E-state index contributed by atoms with van der Waals surface area (Å²) in [5.41, 5.74) is 0. The van der Waals surface area contributed by atoms with Crippen molar-refractivity contribution >= 4 is 35.3 Å². The number of anilines is 2. The number of rotatable bonds is 13. The van der Waals surface area contributed by atoms with Gasteiger partial charge in [0.2, 0.25) is 17.8 Å². The summed E-state index contributed by atoms with van der Waals surface area (Å²) >= 11 is 1.34. The molecule has 2 heterocycles. The van der Waals surface area contributed by atoms with Crippen molar-refractivity contribution < 1.29 is 9.53 Å². The topological polar surface area (TPSA) is 110 Å². The molecule has 2 rings (SSSR count). The van der Waals surface area contributed by atoms with Gasteiger partial charge in [-0.25, -0.2) is 4.40 Å². The lowest BCUT2D eigenvalue weighted by Crippen LogP contribution is -2.42. The highest BCUT2D eigenvalue weighted by Crippen LogP contribution is 2.22. The summed E-state index contributed by atoms with van der Waals surface area (Å²) in [4.78, 5) is 23.7. The lowest BCUT2D eigenvalue weighted by atomic mass is 10.1. The second-order valence-corrected chi connectivity index (χ2v) is 7.33. The molecule has 0 bridgehead atoms. The minimum Gasteiger partial charge on any atom is -0.383 e. The highest BCUT2D eigenvalue weighted by molar-refractivity contribution is 7.99. The first kappa shape index (κ1) is 23.1. The van der Waals surface area contributed by atoms with Gasteiger partial charge in [-0.2, -0.15) is 9.97 Å². The molecule has 2 N–H and O–H groups in total. The summed E-state index contributed by atoms with van der Waals surface area (Å²) in [6.07, 6.45) is 1.83. The molecular weight excluding hydrogens is 392 g/mol. The van der Waals surface area contributed by atoms with Gasteiger partial charge >= 0.3 is 0 Å². The Morgan fingerprint density at radius 1 is 1.14 bits per heavy atom. The molecular formula is C18H32N8O2S. The molecule has 162 valence electrons. The van der Waals surface area contributed by atoms with Gasteiger partial charge in [-0.1, -0.05) is 25.6 Å². The van der Waals surface area contributed by atoms with Crippen LogP contribution in [0.1, 0.15) is 40.5 Å². The van der Waals surface area contributed by atoms with E-state index in [1.54, 1.807) is 11.5 Å². The summed E-state index contributed by atoms with van der Waals surface area (Å²) in [6, 6.07) is 0.205. The van der Waals surface area contributed by atoms with Crippen LogP contribution >= 0.6 is 11.8 Å². The van der Waals surface area contributed by atoms with Crippen LogP contribution in [0.5, 0.6) is 0 Å². The molecule has 0 aliphatic rings. The van der Waals surface area contributed by atoms with Gasteiger partial charge in [-0.05, 0) is 26.7 Å². The Morgan fingerprint density at radius 2 is 1.86 bits per heavy atom. The number of carbonyl (C=O) groups excluding carboxylic acids is 1. The molecule has 1 amide bonds. The molecule has 29 heavy (non-hydrogen) atoms. The molecule has 0 aliphatic heterocycles. The van der Waals surface area contributed by atoms with Crippen LogP contribution in [0.3, 0.4) is 0 Å². The molecule has 0 spiro atoms. The van der Waals surface area contributed by atoms with Crippen LogP contribution in [0.25, 0.3) is 5.78 Å². The molecule has 0 radical (unpaired) electrons. The van der Waals surface area contributed by atoms with E-state index in [2.05, 4.69) is 44.6 Å². The van der Waals surface area contributed by atoms with E-state index in [0.29, 0.717) is 49.1 Å².